The second-order valence-electron chi connectivity index (χ2n) is 5.75. The maximum absolute atomic E-state index is 4.49. The first-order chi connectivity index (χ1) is 7.55. The van der Waals surface area contributed by atoms with Gasteiger partial charge in [0.25, 0.3) is 0 Å². The lowest BCUT2D eigenvalue weighted by atomic mass is 9.75. The quantitative estimate of drug-likeness (QED) is 0.817. The SMILES string of the molecule is Cc1cccc(NC2CCC(C)(C)CC2)n1. The second kappa shape index (κ2) is 4.44. The van der Waals surface area contributed by atoms with Crippen LogP contribution in [0, 0.1) is 12.3 Å². The minimum absolute atomic E-state index is 0.540. The largest absolute Gasteiger partial charge is 0.367 e. The molecule has 0 atom stereocenters. The van der Waals surface area contributed by atoms with Gasteiger partial charge in [0.05, 0.1) is 0 Å². The van der Waals surface area contributed by atoms with Gasteiger partial charge < -0.3 is 5.32 Å². The summed E-state index contributed by atoms with van der Waals surface area (Å²) in [5, 5.41) is 3.55. The van der Waals surface area contributed by atoms with Crippen LogP contribution in [-0.4, -0.2) is 11.0 Å². The Hall–Kier alpha value is -1.05. The zero-order valence-electron chi connectivity index (χ0n) is 10.6. The van der Waals surface area contributed by atoms with E-state index in [-0.39, 0.29) is 0 Å². The van der Waals surface area contributed by atoms with Crippen molar-refractivity contribution in [3.63, 3.8) is 0 Å². The molecule has 0 aromatic carbocycles. The molecule has 0 saturated heterocycles. The van der Waals surface area contributed by atoms with Crippen LogP contribution in [0.3, 0.4) is 0 Å². The Labute approximate surface area is 98.5 Å². The van der Waals surface area contributed by atoms with Crippen molar-refractivity contribution in [2.75, 3.05) is 5.32 Å². The molecule has 2 heteroatoms. The lowest BCUT2D eigenvalue weighted by molar-refractivity contribution is 0.232. The Morgan fingerprint density at radius 2 is 1.94 bits per heavy atom. The summed E-state index contributed by atoms with van der Waals surface area (Å²) >= 11 is 0. The van der Waals surface area contributed by atoms with Crippen molar-refractivity contribution in [1.82, 2.24) is 4.98 Å². The summed E-state index contributed by atoms with van der Waals surface area (Å²) in [6.45, 7) is 6.78. The van der Waals surface area contributed by atoms with Gasteiger partial charge in [0.2, 0.25) is 0 Å². The van der Waals surface area contributed by atoms with Gasteiger partial charge in [0.1, 0.15) is 5.82 Å². The highest BCUT2D eigenvalue weighted by atomic mass is 15.0. The molecule has 0 amide bonds. The zero-order chi connectivity index (χ0) is 11.6. The second-order valence-corrected chi connectivity index (χ2v) is 5.75. The van der Waals surface area contributed by atoms with E-state index >= 15 is 0 Å². The van der Waals surface area contributed by atoms with Crippen LogP contribution in [0.1, 0.15) is 45.2 Å². The van der Waals surface area contributed by atoms with E-state index < -0.39 is 0 Å². The molecule has 1 aromatic heterocycles. The van der Waals surface area contributed by atoms with Crippen molar-refractivity contribution in [2.45, 2.75) is 52.5 Å². The van der Waals surface area contributed by atoms with E-state index in [0.717, 1.165) is 11.5 Å². The molecule has 1 aliphatic rings. The summed E-state index contributed by atoms with van der Waals surface area (Å²) < 4.78 is 0. The number of hydrogen-bond acceptors (Lipinski definition) is 2. The summed E-state index contributed by atoms with van der Waals surface area (Å²) in [7, 11) is 0. The third-order valence-electron chi connectivity index (χ3n) is 3.58. The van der Waals surface area contributed by atoms with E-state index in [2.05, 4.69) is 36.3 Å². The molecule has 0 bridgehead atoms. The number of aromatic nitrogens is 1. The predicted octanol–water partition coefficient (Wildman–Crippen LogP) is 3.77. The van der Waals surface area contributed by atoms with Crippen LogP contribution >= 0.6 is 0 Å². The highest BCUT2D eigenvalue weighted by Crippen LogP contribution is 2.35. The number of rotatable bonds is 2. The summed E-state index contributed by atoms with van der Waals surface area (Å²) in [4.78, 5) is 4.49. The van der Waals surface area contributed by atoms with Gasteiger partial charge in [-0.05, 0) is 50.2 Å². The zero-order valence-corrected chi connectivity index (χ0v) is 10.6. The van der Waals surface area contributed by atoms with Crippen molar-refractivity contribution in [2.24, 2.45) is 5.41 Å². The third-order valence-corrected chi connectivity index (χ3v) is 3.58. The summed E-state index contributed by atoms with van der Waals surface area (Å²) in [5.74, 6) is 1.03. The molecular weight excluding hydrogens is 196 g/mol. The lowest BCUT2D eigenvalue weighted by Crippen LogP contribution is -2.30. The van der Waals surface area contributed by atoms with Gasteiger partial charge in [-0.1, -0.05) is 19.9 Å². The van der Waals surface area contributed by atoms with Crippen LogP contribution in [-0.2, 0) is 0 Å². The standard InChI is InChI=1S/C14H22N2/c1-11-5-4-6-13(15-11)16-12-7-9-14(2,3)10-8-12/h4-6,12H,7-10H2,1-3H3,(H,15,16). The Bertz CT molecular complexity index is 348. The van der Waals surface area contributed by atoms with E-state index in [4.69, 9.17) is 0 Å². The number of nitrogens with one attached hydrogen (secondary N) is 1. The topological polar surface area (TPSA) is 24.9 Å². The van der Waals surface area contributed by atoms with E-state index in [1.165, 1.54) is 25.7 Å². The maximum atomic E-state index is 4.49. The van der Waals surface area contributed by atoms with Crippen LogP contribution in [0.2, 0.25) is 0 Å². The van der Waals surface area contributed by atoms with Crippen LogP contribution in [0.15, 0.2) is 18.2 Å². The number of anilines is 1. The first-order valence-electron chi connectivity index (χ1n) is 6.25. The predicted molar refractivity (Wildman–Crippen MR) is 68.6 cm³/mol. The molecule has 1 aromatic rings. The highest BCUT2D eigenvalue weighted by molar-refractivity contribution is 5.36. The molecule has 0 radical (unpaired) electrons. The molecule has 0 aliphatic heterocycles. The number of pyridine rings is 1. The molecule has 1 saturated carbocycles. The fourth-order valence-corrected chi connectivity index (χ4v) is 2.38. The van der Waals surface area contributed by atoms with Crippen LogP contribution in [0.25, 0.3) is 0 Å². The molecule has 1 fully saturated rings. The van der Waals surface area contributed by atoms with Gasteiger partial charge in [-0.3, -0.25) is 0 Å². The Balaban J connectivity index is 1.92. The van der Waals surface area contributed by atoms with E-state index in [0.29, 0.717) is 11.5 Å². The average molecular weight is 218 g/mol. The molecule has 1 aliphatic carbocycles. The van der Waals surface area contributed by atoms with Gasteiger partial charge in [-0.2, -0.15) is 0 Å². The average Bonchev–Trinajstić information content (AvgIpc) is 2.21. The molecule has 2 rings (SSSR count). The van der Waals surface area contributed by atoms with Gasteiger partial charge in [-0.15, -0.1) is 0 Å². The molecule has 16 heavy (non-hydrogen) atoms. The van der Waals surface area contributed by atoms with Crippen LogP contribution in [0.5, 0.6) is 0 Å². The summed E-state index contributed by atoms with van der Waals surface area (Å²) in [5.41, 5.74) is 1.62. The lowest BCUT2D eigenvalue weighted by Gasteiger charge is -2.34. The fourth-order valence-electron chi connectivity index (χ4n) is 2.38. The number of hydrogen-bond donors (Lipinski definition) is 1. The van der Waals surface area contributed by atoms with E-state index in [1.807, 2.05) is 13.0 Å². The first kappa shape index (κ1) is 11.4. The third kappa shape index (κ3) is 2.97. The Kier molecular flexibility index (Phi) is 3.17. The number of nitrogens with zero attached hydrogens (tertiary/aromatic N) is 1. The van der Waals surface area contributed by atoms with E-state index in [1.54, 1.807) is 0 Å². The number of aryl methyl sites for hydroxylation is 1. The molecule has 0 spiro atoms. The van der Waals surface area contributed by atoms with Crippen LogP contribution in [0.4, 0.5) is 5.82 Å². The fraction of sp³-hybridized carbons (Fsp3) is 0.643. The van der Waals surface area contributed by atoms with E-state index in [9.17, 15) is 0 Å². The molecule has 2 nitrogen and oxygen atoms in total. The monoisotopic (exact) mass is 218 g/mol. The van der Waals surface area contributed by atoms with Crippen molar-refractivity contribution in [3.05, 3.63) is 23.9 Å². The smallest absolute Gasteiger partial charge is 0.126 e. The first-order valence-corrected chi connectivity index (χ1v) is 6.25. The van der Waals surface area contributed by atoms with Crippen LogP contribution < -0.4 is 5.32 Å². The minimum atomic E-state index is 0.540. The molecule has 1 heterocycles. The van der Waals surface area contributed by atoms with Gasteiger partial charge in [0, 0.05) is 11.7 Å². The Morgan fingerprint density at radius 1 is 1.25 bits per heavy atom. The minimum Gasteiger partial charge on any atom is -0.367 e. The Morgan fingerprint density at radius 3 is 2.56 bits per heavy atom. The van der Waals surface area contributed by atoms with Gasteiger partial charge in [-0.25, -0.2) is 4.98 Å². The highest BCUT2D eigenvalue weighted by Gasteiger charge is 2.26. The normalized spacial score (nSPS) is 20.7. The molecule has 0 unspecified atom stereocenters. The maximum Gasteiger partial charge on any atom is 0.126 e. The van der Waals surface area contributed by atoms with Crippen molar-refractivity contribution in [1.29, 1.82) is 0 Å². The van der Waals surface area contributed by atoms with Crippen molar-refractivity contribution < 1.29 is 0 Å². The van der Waals surface area contributed by atoms with Crippen molar-refractivity contribution >= 4 is 5.82 Å². The van der Waals surface area contributed by atoms with Gasteiger partial charge >= 0.3 is 0 Å². The van der Waals surface area contributed by atoms with Crippen molar-refractivity contribution in [3.8, 4) is 0 Å². The summed E-state index contributed by atoms with van der Waals surface area (Å²) in [6, 6.07) is 6.78. The molecule has 88 valence electrons. The van der Waals surface area contributed by atoms with Gasteiger partial charge in [0.15, 0.2) is 0 Å². The molecule has 1 N–H and O–H groups in total. The molecular formula is C14H22N2. The summed E-state index contributed by atoms with van der Waals surface area (Å²) in [6.07, 6.45) is 5.16.